The highest BCUT2D eigenvalue weighted by molar-refractivity contribution is 5.99. The summed E-state index contributed by atoms with van der Waals surface area (Å²) in [6.45, 7) is 2.41. The molecule has 2 rings (SSSR count). The van der Waals surface area contributed by atoms with E-state index in [0.29, 0.717) is 30.8 Å². The van der Waals surface area contributed by atoms with Crippen LogP contribution in [0.15, 0.2) is 24.3 Å². The molecule has 1 aliphatic heterocycles. The molecule has 1 heterocycles. The first kappa shape index (κ1) is 16.2. The molecule has 0 bridgehead atoms. The van der Waals surface area contributed by atoms with Gasteiger partial charge in [-0.15, -0.1) is 0 Å². The molecular weight excluding hydrogens is 286 g/mol. The Kier molecular flexibility index (Phi) is 5.27. The van der Waals surface area contributed by atoms with Gasteiger partial charge in [-0.05, 0) is 31.9 Å². The van der Waals surface area contributed by atoms with Gasteiger partial charge >= 0.3 is 5.97 Å². The monoisotopic (exact) mass is 305 g/mol. The van der Waals surface area contributed by atoms with Crippen molar-refractivity contribution in [3.8, 4) is 0 Å². The van der Waals surface area contributed by atoms with Crippen molar-refractivity contribution in [2.75, 3.05) is 13.2 Å². The third kappa shape index (κ3) is 3.92. The molecule has 2 unspecified atom stereocenters. The molecule has 1 aliphatic rings. The summed E-state index contributed by atoms with van der Waals surface area (Å²) in [4.78, 5) is 34.8. The van der Waals surface area contributed by atoms with Crippen molar-refractivity contribution in [3.05, 3.63) is 35.4 Å². The number of nitrogens with one attached hydrogen (secondary N) is 1. The second kappa shape index (κ2) is 7.17. The molecule has 1 amide bonds. The summed E-state index contributed by atoms with van der Waals surface area (Å²) in [5.41, 5.74) is 0.833. The molecule has 2 atom stereocenters. The fourth-order valence-electron chi connectivity index (χ4n) is 2.49. The number of amides is 1. The minimum absolute atomic E-state index is 0.0882. The number of Topliss-reactive ketones (excluding diaryl/α,β-unsaturated/α-hetero) is 1. The van der Waals surface area contributed by atoms with Crippen LogP contribution in [0.4, 0.5) is 0 Å². The van der Waals surface area contributed by atoms with E-state index in [9.17, 15) is 19.5 Å². The zero-order valence-corrected chi connectivity index (χ0v) is 12.4. The maximum Gasteiger partial charge on any atom is 0.326 e. The lowest BCUT2D eigenvalue weighted by atomic mass is 9.93. The molecule has 0 spiro atoms. The van der Waals surface area contributed by atoms with Gasteiger partial charge in [0.05, 0.1) is 6.61 Å². The Labute approximate surface area is 128 Å². The number of aliphatic carboxylic acids is 1. The first-order valence-electron chi connectivity index (χ1n) is 7.21. The fraction of sp³-hybridized carbons (Fsp3) is 0.438. The Morgan fingerprint density at radius 2 is 1.86 bits per heavy atom. The number of carboxylic acid groups (broad SMARTS) is 1. The van der Waals surface area contributed by atoms with Gasteiger partial charge in [-0.1, -0.05) is 12.1 Å². The van der Waals surface area contributed by atoms with Crippen LogP contribution >= 0.6 is 0 Å². The van der Waals surface area contributed by atoms with Crippen molar-refractivity contribution in [1.82, 2.24) is 5.32 Å². The maximum atomic E-state index is 12.2. The highest BCUT2D eigenvalue weighted by Gasteiger charge is 2.31. The van der Waals surface area contributed by atoms with Crippen LogP contribution in [-0.4, -0.2) is 42.0 Å². The lowest BCUT2D eigenvalue weighted by Gasteiger charge is -2.28. The van der Waals surface area contributed by atoms with Gasteiger partial charge < -0.3 is 15.2 Å². The number of carboxylic acids is 1. The number of rotatable bonds is 5. The van der Waals surface area contributed by atoms with Gasteiger partial charge in [0.2, 0.25) is 0 Å². The van der Waals surface area contributed by atoms with E-state index in [-0.39, 0.29) is 11.7 Å². The van der Waals surface area contributed by atoms with Crippen molar-refractivity contribution >= 4 is 17.7 Å². The maximum absolute atomic E-state index is 12.2. The van der Waals surface area contributed by atoms with Gasteiger partial charge in [0.1, 0.15) is 6.04 Å². The summed E-state index contributed by atoms with van der Waals surface area (Å²) in [6, 6.07) is 5.17. The normalized spacial score (nSPS) is 19.2. The molecule has 1 aromatic carbocycles. The molecule has 6 nitrogen and oxygen atoms in total. The van der Waals surface area contributed by atoms with Crippen molar-refractivity contribution in [2.45, 2.75) is 25.8 Å². The van der Waals surface area contributed by atoms with Gasteiger partial charge in [0.15, 0.2) is 5.78 Å². The van der Waals surface area contributed by atoms with Gasteiger partial charge in [-0.3, -0.25) is 9.59 Å². The molecule has 1 saturated heterocycles. The Morgan fingerprint density at radius 1 is 1.23 bits per heavy atom. The van der Waals surface area contributed by atoms with E-state index >= 15 is 0 Å². The molecule has 118 valence electrons. The number of carbonyl (C=O) groups is 3. The minimum atomic E-state index is -1.07. The van der Waals surface area contributed by atoms with Crippen LogP contribution in [0.5, 0.6) is 0 Å². The number of carbonyl (C=O) groups excluding carboxylic acids is 2. The molecule has 0 radical (unpaired) electrons. The highest BCUT2D eigenvalue weighted by Crippen LogP contribution is 2.18. The standard InChI is InChI=1S/C16H19NO5/c1-10(18)11-4-6-12(7-5-11)15(19)17-14(16(20)21)13-3-2-8-22-9-13/h4-7,13-14H,2-3,8-9H2,1H3,(H,17,19)(H,20,21). The first-order valence-corrected chi connectivity index (χ1v) is 7.21. The molecule has 0 aromatic heterocycles. The van der Waals surface area contributed by atoms with E-state index in [1.165, 1.54) is 19.1 Å². The van der Waals surface area contributed by atoms with E-state index in [2.05, 4.69) is 5.32 Å². The number of hydrogen-bond donors (Lipinski definition) is 2. The van der Waals surface area contributed by atoms with E-state index < -0.39 is 17.9 Å². The third-order valence-corrected chi connectivity index (χ3v) is 3.77. The van der Waals surface area contributed by atoms with Crippen LogP contribution < -0.4 is 5.32 Å². The lowest BCUT2D eigenvalue weighted by Crippen LogP contribution is -2.48. The van der Waals surface area contributed by atoms with Crippen molar-refractivity contribution < 1.29 is 24.2 Å². The fourth-order valence-corrected chi connectivity index (χ4v) is 2.49. The topological polar surface area (TPSA) is 92.7 Å². The van der Waals surface area contributed by atoms with E-state index in [1.54, 1.807) is 12.1 Å². The average Bonchev–Trinajstić information content (AvgIpc) is 2.53. The third-order valence-electron chi connectivity index (χ3n) is 3.77. The molecule has 2 N–H and O–H groups in total. The van der Waals surface area contributed by atoms with Crippen molar-refractivity contribution in [3.63, 3.8) is 0 Å². The number of ketones is 1. The van der Waals surface area contributed by atoms with Gasteiger partial charge in [-0.2, -0.15) is 0 Å². The average molecular weight is 305 g/mol. The Bertz CT molecular complexity index is 560. The van der Waals surface area contributed by atoms with Gasteiger partial charge in [0, 0.05) is 23.7 Å². The van der Waals surface area contributed by atoms with Crippen LogP contribution in [0.3, 0.4) is 0 Å². The quantitative estimate of drug-likeness (QED) is 0.804. The van der Waals surface area contributed by atoms with E-state index in [4.69, 9.17) is 4.74 Å². The summed E-state index contributed by atoms with van der Waals surface area (Å²) in [5.74, 6) is -1.85. The molecule has 1 fully saturated rings. The summed E-state index contributed by atoms with van der Waals surface area (Å²) in [5, 5.41) is 11.9. The summed E-state index contributed by atoms with van der Waals surface area (Å²) in [6.07, 6.45) is 1.50. The highest BCUT2D eigenvalue weighted by atomic mass is 16.5. The Hall–Kier alpha value is -2.21. The summed E-state index contributed by atoms with van der Waals surface area (Å²) in [7, 11) is 0. The van der Waals surface area contributed by atoms with E-state index in [1.807, 2.05) is 0 Å². The zero-order chi connectivity index (χ0) is 16.1. The SMILES string of the molecule is CC(=O)c1ccc(C(=O)NC(C(=O)O)C2CCCOC2)cc1. The van der Waals surface area contributed by atoms with Gasteiger partial charge in [-0.25, -0.2) is 4.79 Å². The molecule has 0 saturated carbocycles. The van der Waals surface area contributed by atoms with Gasteiger partial charge in [0.25, 0.3) is 5.91 Å². The number of ether oxygens (including phenoxy) is 1. The number of hydrogen-bond acceptors (Lipinski definition) is 4. The molecular formula is C16H19NO5. The zero-order valence-electron chi connectivity index (χ0n) is 12.4. The molecule has 6 heteroatoms. The smallest absolute Gasteiger partial charge is 0.326 e. The van der Waals surface area contributed by atoms with Crippen LogP contribution in [0.1, 0.15) is 40.5 Å². The van der Waals surface area contributed by atoms with E-state index in [0.717, 1.165) is 6.42 Å². The summed E-state index contributed by atoms with van der Waals surface area (Å²) < 4.78 is 5.29. The summed E-state index contributed by atoms with van der Waals surface area (Å²) >= 11 is 0. The Morgan fingerprint density at radius 3 is 2.36 bits per heavy atom. The second-order valence-electron chi connectivity index (χ2n) is 5.40. The molecule has 0 aliphatic carbocycles. The Balaban J connectivity index is 2.07. The van der Waals surface area contributed by atoms with Crippen molar-refractivity contribution in [1.29, 1.82) is 0 Å². The van der Waals surface area contributed by atoms with Crippen LogP contribution in [0.25, 0.3) is 0 Å². The molecule has 1 aromatic rings. The predicted octanol–water partition coefficient (Wildman–Crippen LogP) is 1.50. The molecule has 22 heavy (non-hydrogen) atoms. The number of benzene rings is 1. The predicted molar refractivity (Wildman–Crippen MR) is 78.9 cm³/mol. The van der Waals surface area contributed by atoms with Crippen LogP contribution in [0, 0.1) is 5.92 Å². The largest absolute Gasteiger partial charge is 0.480 e. The van der Waals surface area contributed by atoms with Crippen LogP contribution in [0.2, 0.25) is 0 Å². The second-order valence-corrected chi connectivity index (χ2v) is 5.40. The van der Waals surface area contributed by atoms with Crippen LogP contribution in [-0.2, 0) is 9.53 Å². The lowest BCUT2D eigenvalue weighted by molar-refractivity contribution is -0.142. The first-order chi connectivity index (χ1) is 10.5. The minimum Gasteiger partial charge on any atom is -0.480 e. The van der Waals surface area contributed by atoms with Crippen molar-refractivity contribution in [2.24, 2.45) is 5.92 Å².